The number of halogens is 1. The van der Waals surface area contributed by atoms with Gasteiger partial charge in [-0.25, -0.2) is 10.4 Å². The van der Waals surface area contributed by atoms with Crippen molar-refractivity contribution >= 4 is 34.6 Å². The summed E-state index contributed by atoms with van der Waals surface area (Å²) < 4.78 is 0. The molecule has 3 rings (SSSR count). The first-order chi connectivity index (χ1) is 11.1. The van der Waals surface area contributed by atoms with Crippen LogP contribution in [0, 0.1) is 6.92 Å². The van der Waals surface area contributed by atoms with Gasteiger partial charge in [0.05, 0.1) is 11.7 Å². The van der Waals surface area contributed by atoms with Crippen LogP contribution in [-0.2, 0) is 0 Å². The van der Waals surface area contributed by atoms with Gasteiger partial charge < -0.3 is 0 Å². The Morgan fingerprint density at radius 1 is 1.17 bits per heavy atom. The zero-order valence-corrected chi connectivity index (χ0v) is 13.2. The van der Waals surface area contributed by atoms with Crippen molar-refractivity contribution in [3.63, 3.8) is 0 Å². The van der Waals surface area contributed by atoms with Crippen LogP contribution >= 0.6 is 11.6 Å². The number of aryl methyl sites for hydroxylation is 1. The van der Waals surface area contributed by atoms with Crippen LogP contribution in [0.3, 0.4) is 0 Å². The average Bonchev–Trinajstić information content (AvgIpc) is 2.55. The molecule has 114 valence electrons. The van der Waals surface area contributed by atoms with Crippen molar-refractivity contribution in [1.29, 1.82) is 0 Å². The van der Waals surface area contributed by atoms with Crippen LogP contribution in [-0.4, -0.2) is 17.1 Å². The smallest absolute Gasteiger partial charge is 0.267 e. The minimum absolute atomic E-state index is 0.269. The van der Waals surface area contributed by atoms with Gasteiger partial charge in [0, 0.05) is 16.5 Å². The molecule has 1 N–H and O–H groups in total. The third kappa shape index (κ3) is 3.55. The fourth-order valence-electron chi connectivity index (χ4n) is 2.21. The molecule has 0 saturated carbocycles. The third-order valence-corrected chi connectivity index (χ3v) is 3.66. The van der Waals surface area contributed by atoms with Crippen molar-refractivity contribution < 1.29 is 4.79 Å². The number of hydrogen-bond acceptors (Lipinski definition) is 3. The summed E-state index contributed by atoms with van der Waals surface area (Å²) in [5, 5.41) is 5.27. The van der Waals surface area contributed by atoms with E-state index < -0.39 is 0 Å². The Hall–Kier alpha value is -2.72. The predicted octanol–water partition coefficient (Wildman–Crippen LogP) is 3.96. The zero-order chi connectivity index (χ0) is 16.2. The van der Waals surface area contributed by atoms with Crippen molar-refractivity contribution in [3.05, 3.63) is 76.4 Å². The lowest BCUT2D eigenvalue weighted by Crippen LogP contribution is -2.17. The average molecular weight is 324 g/mol. The van der Waals surface area contributed by atoms with Gasteiger partial charge in [0.1, 0.15) is 5.15 Å². The highest BCUT2D eigenvalue weighted by molar-refractivity contribution is 6.32. The Balaban J connectivity index is 1.78. The van der Waals surface area contributed by atoms with E-state index in [1.807, 2.05) is 49.4 Å². The molecule has 0 spiro atoms. The van der Waals surface area contributed by atoms with Crippen LogP contribution in [0.15, 0.2) is 59.7 Å². The molecule has 23 heavy (non-hydrogen) atoms. The molecule has 0 aliphatic heterocycles. The van der Waals surface area contributed by atoms with Crippen LogP contribution in [0.5, 0.6) is 0 Å². The Bertz CT molecular complexity index is 906. The van der Waals surface area contributed by atoms with E-state index in [0.29, 0.717) is 16.3 Å². The number of hydrogen-bond donors (Lipinski definition) is 1. The van der Waals surface area contributed by atoms with Crippen molar-refractivity contribution in [2.24, 2.45) is 5.10 Å². The number of hydrazone groups is 1. The van der Waals surface area contributed by atoms with Gasteiger partial charge in [0.15, 0.2) is 0 Å². The second-order valence-corrected chi connectivity index (χ2v) is 5.49. The summed E-state index contributed by atoms with van der Waals surface area (Å²) in [7, 11) is 0. The summed E-state index contributed by atoms with van der Waals surface area (Å²) >= 11 is 6.14. The molecule has 0 bridgehead atoms. The Kier molecular flexibility index (Phi) is 4.35. The highest BCUT2D eigenvalue weighted by Gasteiger charge is 2.05. The molecule has 2 aromatic carbocycles. The minimum atomic E-state index is -0.269. The molecule has 1 heterocycles. The number of pyridine rings is 1. The highest BCUT2D eigenvalue weighted by Crippen LogP contribution is 2.18. The summed E-state index contributed by atoms with van der Waals surface area (Å²) in [6.07, 6.45) is 1.50. The maximum atomic E-state index is 12.0. The Morgan fingerprint density at radius 2 is 2.00 bits per heavy atom. The zero-order valence-electron chi connectivity index (χ0n) is 12.5. The molecule has 0 aliphatic rings. The maximum absolute atomic E-state index is 12.0. The van der Waals surface area contributed by atoms with Gasteiger partial charge in [0.2, 0.25) is 0 Å². The molecule has 1 amide bonds. The SMILES string of the molecule is Cc1cccc(C(=O)NN=Cc2cc3ccccc3nc2Cl)c1. The lowest BCUT2D eigenvalue weighted by molar-refractivity contribution is 0.0955. The molecule has 1 aromatic heterocycles. The van der Waals surface area contributed by atoms with Gasteiger partial charge >= 0.3 is 0 Å². The van der Waals surface area contributed by atoms with E-state index in [1.54, 1.807) is 12.1 Å². The first-order valence-corrected chi connectivity index (χ1v) is 7.46. The van der Waals surface area contributed by atoms with Crippen LogP contribution in [0.4, 0.5) is 0 Å². The van der Waals surface area contributed by atoms with E-state index >= 15 is 0 Å². The minimum Gasteiger partial charge on any atom is -0.267 e. The number of nitrogens with zero attached hydrogens (tertiary/aromatic N) is 2. The number of rotatable bonds is 3. The monoisotopic (exact) mass is 323 g/mol. The number of carbonyl (C=O) groups is 1. The lowest BCUT2D eigenvalue weighted by Gasteiger charge is -2.03. The van der Waals surface area contributed by atoms with Gasteiger partial charge in [-0.15, -0.1) is 0 Å². The Morgan fingerprint density at radius 3 is 2.83 bits per heavy atom. The molecule has 0 radical (unpaired) electrons. The molecule has 0 atom stereocenters. The largest absolute Gasteiger partial charge is 0.271 e. The van der Waals surface area contributed by atoms with Gasteiger partial charge in [-0.05, 0) is 31.2 Å². The molecular formula is C18H14ClN3O. The van der Waals surface area contributed by atoms with Crippen molar-refractivity contribution in [2.75, 3.05) is 0 Å². The number of aromatic nitrogens is 1. The van der Waals surface area contributed by atoms with Crippen molar-refractivity contribution in [2.45, 2.75) is 6.92 Å². The van der Waals surface area contributed by atoms with E-state index in [4.69, 9.17) is 11.6 Å². The molecule has 5 heteroatoms. The number of fused-ring (bicyclic) bond motifs is 1. The molecule has 3 aromatic rings. The Labute approximate surface area is 138 Å². The summed E-state index contributed by atoms with van der Waals surface area (Å²) in [5.41, 5.74) is 5.54. The number of amides is 1. The first kappa shape index (κ1) is 15.2. The van der Waals surface area contributed by atoms with Crippen molar-refractivity contribution in [1.82, 2.24) is 10.4 Å². The first-order valence-electron chi connectivity index (χ1n) is 7.09. The summed E-state index contributed by atoms with van der Waals surface area (Å²) in [6, 6.07) is 16.9. The van der Waals surface area contributed by atoms with E-state index in [-0.39, 0.29) is 5.91 Å². The third-order valence-electron chi connectivity index (χ3n) is 3.35. The standard InChI is InChI=1S/C18H14ClN3O/c1-12-5-4-7-14(9-12)18(23)22-20-11-15-10-13-6-2-3-8-16(13)21-17(15)19/h2-11H,1H3,(H,22,23). The molecule has 0 aliphatic carbocycles. The summed E-state index contributed by atoms with van der Waals surface area (Å²) in [6.45, 7) is 1.93. The van der Waals surface area contributed by atoms with Crippen LogP contribution in [0.1, 0.15) is 21.5 Å². The summed E-state index contributed by atoms with van der Waals surface area (Å²) in [5.74, 6) is -0.269. The van der Waals surface area contributed by atoms with Crippen LogP contribution < -0.4 is 5.43 Å². The van der Waals surface area contributed by atoms with E-state index in [9.17, 15) is 4.79 Å². The topological polar surface area (TPSA) is 54.4 Å². The quantitative estimate of drug-likeness (QED) is 0.450. The number of nitrogens with one attached hydrogen (secondary N) is 1. The predicted molar refractivity (Wildman–Crippen MR) is 93.0 cm³/mol. The fraction of sp³-hybridized carbons (Fsp3) is 0.0556. The maximum Gasteiger partial charge on any atom is 0.271 e. The van der Waals surface area contributed by atoms with Gasteiger partial charge in [0.25, 0.3) is 5.91 Å². The van der Waals surface area contributed by atoms with Gasteiger partial charge in [-0.3, -0.25) is 4.79 Å². The molecular weight excluding hydrogens is 310 g/mol. The second kappa shape index (κ2) is 6.58. The van der Waals surface area contributed by atoms with Gasteiger partial charge in [-0.2, -0.15) is 5.10 Å². The highest BCUT2D eigenvalue weighted by atomic mass is 35.5. The van der Waals surface area contributed by atoms with E-state index in [0.717, 1.165) is 16.5 Å². The van der Waals surface area contributed by atoms with E-state index in [1.165, 1.54) is 6.21 Å². The van der Waals surface area contributed by atoms with Gasteiger partial charge in [-0.1, -0.05) is 47.5 Å². The number of carbonyl (C=O) groups excluding carboxylic acids is 1. The van der Waals surface area contributed by atoms with Crippen molar-refractivity contribution in [3.8, 4) is 0 Å². The van der Waals surface area contributed by atoms with Crippen LogP contribution in [0.2, 0.25) is 5.15 Å². The van der Waals surface area contributed by atoms with E-state index in [2.05, 4.69) is 15.5 Å². The molecule has 0 fully saturated rings. The number of para-hydroxylation sites is 1. The lowest BCUT2D eigenvalue weighted by atomic mass is 10.1. The normalized spacial score (nSPS) is 11.0. The molecule has 4 nitrogen and oxygen atoms in total. The number of benzene rings is 2. The summed E-state index contributed by atoms with van der Waals surface area (Å²) in [4.78, 5) is 16.3. The van der Waals surface area contributed by atoms with Crippen LogP contribution in [0.25, 0.3) is 10.9 Å². The molecule has 0 saturated heterocycles. The second-order valence-electron chi connectivity index (χ2n) is 5.13. The fourth-order valence-corrected chi connectivity index (χ4v) is 2.41. The molecule has 0 unspecified atom stereocenters.